The normalized spacial score (nSPS) is 14.1. The van der Waals surface area contributed by atoms with Gasteiger partial charge in [-0.05, 0) is 63.1 Å². The molecule has 1 aliphatic rings. The molecule has 5 rings (SSSR count). The Labute approximate surface area is 169 Å². The molecule has 3 heterocycles. The van der Waals surface area contributed by atoms with Gasteiger partial charge < -0.3 is 14.9 Å². The highest BCUT2D eigenvalue weighted by molar-refractivity contribution is 6.06. The molecule has 1 amide bonds. The number of anilines is 1. The number of imidazole rings is 1. The molecular formula is C23H23N5O. The number of carbonyl (C=O) groups is 1. The number of pyridine rings is 1. The Morgan fingerprint density at radius 3 is 2.79 bits per heavy atom. The van der Waals surface area contributed by atoms with Gasteiger partial charge in [0.1, 0.15) is 5.82 Å². The summed E-state index contributed by atoms with van der Waals surface area (Å²) in [4.78, 5) is 25.3. The third kappa shape index (κ3) is 3.10. The number of nitrogens with one attached hydrogen (secondary N) is 2. The van der Waals surface area contributed by atoms with Gasteiger partial charge in [-0.2, -0.15) is 0 Å². The second-order valence-corrected chi connectivity index (χ2v) is 7.77. The number of rotatable bonds is 4. The summed E-state index contributed by atoms with van der Waals surface area (Å²) in [7, 11) is 0. The summed E-state index contributed by atoms with van der Waals surface area (Å²) in [5, 5.41) is 3.03. The Balaban J connectivity index is 1.41. The fourth-order valence-electron chi connectivity index (χ4n) is 4.06. The van der Waals surface area contributed by atoms with E-state index >= 15 is 0 Å². The number of carbonyl (C=O) groups excluding carboxylic acids is 1. The number of benzene rings is 1. The molecule has 1 fully saturated rings. The summed E-state index contributed by atoms with van der Waals surface area (Å²) in [5.41, 5.74) is 6.16. The molecule has 0 radical (unpaired) electrons. The highest BCUT2D eigenvalue weighted by atomic mass is 16.1. The summed E-state index contributed by atoms with van der Waals surface area (Å²) in [5.74, 6) is 1.50. The predicted octanol–water partition coefficient (Wildman–Crippen LogP) is 4.89. The first-order valence-corrected chi connectivity index (χ1v) is 10.0. The number of aryl methyl sites for hydroxylation is 1. The summed E-state index contributed by atoms with van der Waals surface area (Å²) < 4.78 is 2.05. The zero-order valence-electron chi connectivity index (χ0n) is 16.6. The van der Waals surface area contributed by atoms with Gasteiger partial charge in [-0.3, -0.25) is 9.78 Å². The average Bonchev–Trinajstić information content (AvgIpc) is 3.20. The van der Waals surface area contributed by atoms with Gasteiger partial charge in [0.2, 0.25) is 0 Å². The smallest absolute Gasteiger partial charge is 0.257 e. The highest BCUT2D eigenvalue weighted by Crippen LogP contribution is 2.35. The van der Waals surface area contributed by atoms with Crippen LogP contribution < -0.4 is 5.32 Å². The third-order valence-electron chi connectivity index (χ3n) is 5.83. The fourth-order valence-corrected chi connectivity index (χ4v) is 4.06. The minimum atomic E-state index is -0.119. The van der Waals surface area contributed by atoms with E-state index in [-0.39, 0.29) is 5.91 Å². The molecule has 2 N–H and O–H groups in total. The lowest BCUT2D eigenvalue weighted by atomic mass is 9.85. The van der Waals surface area contributed by atoms with E-state index in [9.17, 15) is 4.79 Å². The van der Waals surface area contributed by atoms with Crippen LogP contribution in [0.5, 0.6) is 0 Å². The topological polar surface area (TPSA) is 75.6 Å². The lowest BCUT2D eigenvalue weighted by Crippen LogP contribution is -2.13. The second-order valence-electron chi connectivity index (χ2n) is 7.77. The molecular weight excluding hydrogens is 362 g/mol. The molecule has 1 aliphatic carbocycles. The molecule has 4 aromatic rings. The molecule has 1 saturated carbocycles. The molecule has 6 heteroatoms. The Morgan fingerprint density at radius 2 is 2.07 bits per heavy atom. The van der Waals surface area contributed by atoms with Crippen molar-refractivity contribution in [3.05, 3.63) is 71.6 Å². The van der Waals surface area contributed by atoms with E-state index in [1.807, 2.05) is 54.8 Å². The molecule has 1 aromatic carbocycles. The van der Waals surface area contributed by atoms with Gasteiger partial charge in [-0.1, -0.05) is 6.42 Å². The SMILES string of the molecule is Cc1cc(C(=O)Nc2ccc3nc(C4CCC4)[nH]c3c2)c(C)n1-c1cccnc1. The van der Waals surface area contributed by atoms with Crippen LogP contribution in [0.2, 0.25) is 0 Å². The summed E-state index contributed by atoms with van der Waals surface area (Å²) >= 11 is 0. The van der Waals surface area contributed by atoms with Crippen LogP contribution in [0.15, 0.2) is 48.8 Å². The van der Waals surface area contributed by atoms with Crippen LogP contribution in [0.25, 0.3) is 16.7 Å². The van der Waals surface area contributed by atoms with Crippen LogP contribution in [0.1, 0.15) is 52.8 Å². The van der Waals surface area contributed by atoms with Gasteiger partial charge in [-0.25, -0.2) is 4.98 Å². The van der Waals surface area contributed by atoms with E-state index < -0.39 is 0 Å². The van der Waals surface area contributed by atoms with E-state index in [4.69, 9.17) is 4.98 Å². The first-order chi connectivity index (χ1) is 14.1. The van der Waals surface area contributed by atoms with Crippen molar-refractivity contribution in [2.45, 2.75) is 39.0 Å². The van der Waals surface area contributed by atoms with Crippen LogP contribution in [-0.4, -0.2) is 25.4 Å². The zero-order valence-corrected chi connectivity index (χ0v) is 16.6. The van der Waals surface area contributed by atoms with Crippen molar-refractivity contribution < 1.29 is 4.79 Å². The van der Waals surface area contributed by atoms with E-state index in [2.05, 4.69) is 15.3 Å². The molecule has 0 spiro atoms. The Hall–Kier alpha value is -3.41. The number of hydrogen-bond acceptors (Lipinski definition) is 3. The lowest BCUT2D eigenvalue weighted by molar-refractivity contribution is 0.102. The largest absolute Gasteiger partial charge is 0.342 e. The summed E-state index contributed by atoms with van der Waals surface area (Å²) in [6.07, 6.45) is 7.23. The fraction of sp³-hybridized carbons (Fsp3) is 0.261. The number of fused-ring (bicyclic) bond motifs is 1. The van der Waals surface area contributed by atoms with Crippen LogP contribution in [0.4, 0.5) is 5.69 Å². The molecule has 6 nitrogen and oxygen atoms in total. The van der Waals surface area contributed by atoms with Crippen molar-refractivity contribution in [2.24, 2.45) is 0 Å². The third-order valence-corrected chi connectivity index (χ3v) is 5.83. The van der Waals surface area contributed by atoms with Crippen molar-refractivity contribution in [3.8, 4) is 5.69 Å². The maximum absolute atomic E-state index is 13.0. The number of H-pyrrole nitrogens is 1. The van der Waals surface area contributed by atoms with Crippen molar-refractivity contribution in [2.75, 3.05) is 5.32 Å². The standard InChI is InChI=1S/C23H23N5O/c1-14-11-19(15(2)28(14)18-7-4-10-24-13-18)23(29)25-17-8-9-20-21(12-17)27-22(26-20)16-5-3-6-16/h4,7-13,16H,3,5-6H2,1-2H3,(H,25,29)(H,26,27). The maximum atomic E-state index is 13.0. The molecule has 0 saturated heterocycles. The average molecular weight is 385 g/mol. The summed E-state index contributed by atoms with van der Waals surface area (Å²) in [6.45, 7) is 3.95. The Kier molecular flexibility index (Phi) is 4.19. The number of hydrogen-bond donors (Lipinski definition) is 2. The van der Waals surface area contributed by atoms with Crippen molar-refractivity contribution in [1.29, 1.82) is 0 Å². The number of aromatic amines is 1. The lowest BCUT2D eigenvalue weighted by Gasteiger charge is -2.22. The first kappa shape index (κ1) is 17.7. The molecule has 0 bridgehead atoms. The van der Waals surface area contributed by atoms with Gasteiger partial charge in [0, 0.05) is 29.2 Å². The molecule has 146 valence electrons. The number of nitrogens with zero attached hydrogens (tertiary/aromatic N) is 3. The molecule has 3 aromatic heterocycles. The zero-order chi connectivity index (χ0) is 20.0. The minimum absolute atomic E-state index is 0.119. The van der Waals surface area contributed by atoms with Gasteiger partial charge in [0.05, 0.1) is 28.5 Å². The Morgan fingerprint density at radius 1 is 1.21 bits per heavy atom. The first-order valence-electron chi connectivity index (χ1n) is 10.0. The maximum Gasteiger partial charge on any atom is 0.257 e. The van der Waals surface area contributed by atoms with E-state index in [0.29, 0.717) is 11.5 Å². The highest BCUT2D eigenvalue weighted by Gasteiger charge is 2.23. The monoisotopic (exact) mass is 385 g/mol. The molecule has 29 heavy (non-hydrogen) atoms. The quantitative estimate of drug-likeness (QED) is 0.525. The second kappa shape index (κ2) is 6.88. The van der Waals surface area contributed by atoms with Gasteiger partial charge >= 0.3 is 0 Å². The van der Waals surface area contributed by atoms with Crippen LogP contribution in [0, 0.1) is 13.8 Å². The molecule has 0 unspecified atom stereocenters. The summed E-state index contributed by atoms with van der Waals surface area (Å²) in [6, 6.07) is 11.6. The van der Waals surface area contributed by atoms with E-state index in [1.54, 1.807) is 12.4 Å². The van der Waals surface area contributed by atoms with Gasteiger partial charge in [-0.15, -0.1) is 0 Å². The van der Waals surface area contributed by atoms with Crippen LogP contribution in [0.3, 0.4) is 0 Å². The van der Waals surface area contributed by atoms with Gasteiger partial charge in [0.15, 0.2) is 0 Å². The molecule has 0 aliphatic heterocycles. The predicted molar refractivity (Wildman–Crippen MR) is 114 cm³/mol. The van der Waals surface area contributed by atoms with Gasteiger partial charge in [0.25, 0.3) is 5.91 Å². The Bertz CT molecular complexity index is 1200. The van der Waals surface area contributed by atoms with Crippen molar-refractivity contribution in [1.82, 2.24) is 19.5 Å². The van der Waals surface area contributed by atoms with Crippen molar-refractivity contribution >= 4 is 22.6 Å². The van der Waals surface area contributed by atoms with E-state index in [1.165, 1.54) is 19.3 Å². The van der Waals surface area contributed by atoms with E-state index in [0.717, 1.165) is 39.6 Å². The van der Waals surface area contributed by atoms with Crippen LogP contribution in [-0.2, 0) is 0 Å². The number of amides is 1. The van der Waals surface area contributed by atoms with Crippen molar-refractivity contribution in [3.63, 3.8) is 0 Å². The van der Waals surface area contributed by atoms with Crippen LogP contribution >= 0.6 is 0 Å². The minimum Gasteiger partial charge on any atom is -0.342 e. The number of aromatic nitrogens is 4. The molecule has 0 atom stereocenters.